The first-order chi connectivity index (χ1) is 12.6. The van der Waals surface area contributed by atoms with Crippen molar-refractivity contribution < 1.29 is 23.5 Å². The number of benzene rings is 1. The van der Waals surface area contributed by atoms with E-state index in [9.17, 15) is 18.8 Å². The Bertz CT molecular complexity index is 677. The lowest BCUT2D eigenvalue weighted by Gasteiger charge is -2.35. The summed E-state index contributed by atoms with van der Waals surface area (Å²) in [5.41, 5.74) is 0.130. The van der Waals surface area contributed by atoms with Crippen LogP contribution in [0.25, 0.3) is 0 Å². The quantitative estimate of drug-likeness (QED) is 0.861. The van der Waals surface area contributed by atoms with E-state index in [-0.39, 0.29) is 30.6 Å². The minimum atomic E-state index is -0.635. The first-order valence-electron chi connectivity index (χ1n) is 8.91. The molecule has 148 valence electrons. The average molecular weight is 379 g/mol. The summed E-state index contributed by atoms with van der Waals surface area (Å²) in [5.74, 6) is -0.606. The predicted octanol–water partition coefficient (Wildman–Crippen LogP) is 1.56. The van der Waals surface area contributed by atoms with Gasteiger partial charge in [-0.1, -0.05) is 12.1 Å². The molecule has 1 aliphatic rings. The minimum Gasteiger partial charge on any atom is -0.444 e. The van der Waals surface area contributed by atoms with Crippen molar-refractivity contribution in [1.82, 2.24) is 15.1 Å². The molecule has 0 saturated carbocycles. The van der Waals surface area contributed by atoms with E-state index in [0.29, 0.717) is 26.2 Å². The number of piperazine rings is 1. The number of nitrogens with one attached hydrogen (secondary N) is 1. The highest BCUT2D eigenvalue weighted by atomic mass is 19.1. The van der Waals surface area contributed by atoms with E-state index in [1.54, 1.807) is 42.7 Å². The number of rotatable bonds is 4. The van der Waals surface area contributed by atoms with Gasteiger partial charge in [-0.15, -0.1) is 0 Å². The second-order valence-electron chi connectivity index (χ2n) is 7.42. The van der Waals surface area contributed by atoms with Crippen LogP contribution in [0.5, 0.6) is 0 Å². The van der Waals surface area contributed by atoms with E-state index in [2.05, 4.69) is 5.32 Å². The Kier molecular flexibility index (Phi) is 6.76. The number of ether oxygens (including phenoxy) is 1. The fourth-order valence-corrected chi connectivity index (χ4v) is 2.67. The lowest BCUT2D eigenvalue weighted by atomic mass is 10.1. The number of alkyl carbamates (subject to hydrolysis) is 1. The predicted molar refractivity (Wildman–Crippen MR) is 97.5 cm³/mol. The molecule has 0 unspecified atom stereocenters. The van der Waals surface area contributed by atoms with E-state index >= 15 is 0 Å². The molecule has 1 fully saturated rings. The van der Waals surface area contributed by atoms with Crippen LogP contribution in [0.4, 0.5) is 9.18 Å². The van der Waals surface area contributed by atoms with Gasteiger partial charge < -0.3 is 19.9 Å². The van der Waals surface area contributed by atoms with Gasteiger partial charge in [-0.05, 0) is 38.5 Å². The highest BCUT2D eigenvalue weighted by Crippen LogP contribution is 2.09. The topological polar surface area (TPSA) is 79.0 Å². The molecule has 27 heavy (non-hydrogen) atoms. The largest absolute Gasteiger partial charge is 0.444 e. The van der Waals surface area contributed by atoms with E-state index in [1.165, 1.54) is 12.1 Å². The molecule has 0 bridgehead atoms. The van der Waals surface area contributed by atoms with Crippen LogP contribution >= 0.6 is 0 Å². The zero-order valence-corrected chi connectivity index (χ0v) is 16.0. The third-order valence-corrected chi connectivity index (χ3v) is 4.04. The van der Waals surface area contributed by atoms with Gasteiger partial charge >= 0.3 is 6.09 Å². The highest BCUT2D eigenvalue weighted by molar-refractivity contribution is 5.83. The lowest BCUT2D eigenvalue weighted by molar-refractivity contribution is -0.138. The third kappa shape index (κ3) is 6.88. The third-order valence-electron chi connectivity index (χ3n) is 4.04. The molecule has 1 saturated heterocycles. The second-order valence-corrected chi connectivity index (χ2v) is 7.42. The van der Waals surface area contributed by atoms with Crippen LogP contribution in [0.2, 0.25) is 0 Å². The highest BCUT2D eigenvalue weighted by Gasteiger charge is 2.25. The monoisotopic (exact) mass is 379 g/mol. The van der Waals surface area contributed by atoms with Crippen molar-refractivity contribution in [3.8, 4) is 0 Å². The van der Waals surface area contributed by atoms with Crippen LogP contribution in [-0.2, 0) is 20.7 Å². The van der Waals surface area contributed by atoms with Gasteiger partial charge in [-0.25, -0.2) is 9.18 Å². The van der Waals surface area contributed by atoms with Gasteiger partial charge in [0.1, 0.15) is 18.0 Å². The molecular formula is C19H26FN3O4. The molecule has 0 radical (unpaired) electrons. The maximum Gasteiger partial charge on any atom is 0.408 e. The van der Waals surface area contributed by atoms with Gasteiger partial charge in [0.05, 0.1) is 6.42 Å². The number of carbonyl (C=O) groups excluding carboxylic acids is 3. The van der Waals surface area contributed by atoms with Crippen LogP contribution in [-0.4, -0.2) is 66.0 Å². The molecular weight excluding hydrogens is 353 g/mol. The molecule has 3 amide bonds. The first-order valence-corrected chi connectivity index (χ1v) is 8.91. The van der Waals surface area contributed by atoms with Crippen molar-refractivity contribution in [2.24, 2.45) is 0 Å². The Labute approximate surface area is 158 Å². The molecule has 2 rings (SSSR count). The summed E-state index contributed by atoms with van der Waals surface area (Å²) in [6.45, 7) is 6.77. The molecule has 8 heteroatoms. The Morgan fingerprint density at radius 1 is 1.00 bits per heavy atom. The first kappa shape index (κ1) is 20.7. The second kappa shape index (κ2) is 8.83. The molecule has 1 aromatic rings. The molecule has 0 atom stereocenters. The summed E-state index contributed by atoms with van der Waals surface area (Å²) in [5, 5.41) is 2.44. The maximum absolute atomic E-state index is 12.9. The van der Waals surface area contributed by atoms with E-state index < -0.39 is 11.7 Å². The van der Waals surface area contributed by atoms with Crippen molar-refractivity contribution in [1.29, 1.82) is 0 Å². The van der Waals surface area contributed by atoms with Crippen LogP contribution in [0.1, 0.15) is 26.3 Å². The molecule has 7 nitrogen and oxygen atoms in total. The van der Waals surface area contributed by atoms with Crippen molar-refractivity contribution in [3.05, 3.63) is 35.6 Å². The van der Waals surface area contributed by atoms with E-state index in [4.69, 9.17) is 4.74 Å². The maximum atomic E-state index is 12.9. The molecule has 1 N–H and O–H groups in total. The molecule has 0 spiro atoms. The van der Waals surface area contributed by atoms with Crippen LogP contribution < -0.4 is 5.32 Å². The molecule has 1 aromatic carbocycles. The van der Waals surface area contributed by atoms with E-state index in [1.807, 2.05) is 0 Å². The number of carbonyl (C=O) groups is 3. The van der Waals surface area contributed by atoms with Gasteiger partial charge in [0.15, 0.2) is 0 Å². The van der Waals surface area contributed by atoms with Gasteiger partial charge in [0, 0.05) is 26.2 Å². The van der Waals surface area contributed by atoms with Crippen LogP contribution in [0, 0.1) is 5.82 Å². The van der Waals surface area contributed by atoms with Gasteiger partial charge in [-0.3, -0.25) is 9.59 Å². The van der Waals surface area contributed by atoms with Crippen molar-refractivity contribution >= 4 is 17.9 Å². The van der Waals surface area contributed by atoms with Crippen molar-refractivity contribution in [2.45, 2.75) is 32.8 Å². The van der Waals surface area contributed by atoms with Gasteiger partial charge in [-0.2, -0.15) is 0 Å². The summed E-state index contributed by atoms with van der Waals surface area (Å²) in [4.78, 5) is 39.4. The number of amides is 3. The Morgan fingerprint density at radius 2 is 1.52 bits per heavy atom. The molecule has 1 aliphatic heterocycles. The van der Waals surface area contributed by atoms with Gasteiger partial charge in [0.2, 0.25) is 11.8 Å². The number of hydrogen-bond donors (Lipinski definition) is 1. The fraction of sp³-hybridized carbons (Fsp3) is 0.526. The van der Waals surface area contributed by atoms with E-state index in [0.717, 1.165) is 5.56 Å². The SMILES string of the molecule is CC(C)(C)OC(=O)NCC(=O)N1CCN(C(=O)Cc2ccc(F)cc2)CC1. The normalized spacial score (nSPS) is 14.7. The number of halogens is 1. The summed E-state index contributed by atoms with van der Waals surface area (Å²) < 4.78 is 18.0. The Hall–Kier alpha value is -2.64. The summed E-state index contributed by atoms with van der Waals surface area (Å²) in [6.07, 6.45) is -0.432. The van der Waals surface area contributed by atoms with Crippen molar-refractivity contribution in [2.75, 3.05) is 32.7 Å². The van der Waals surface area contributed by atoms with Crippen LogP contribution in [0.15, 0.2) is 24.3 Å². The zero-order chi connectivity index (χ0) is 20.0. The summed E-state index contributed by atoms with van der Waals surface area (Å²) >= 11 is 0. The smallest absolute Gasteiger partial charge is 0.408 e. The van der Waals surface area contributed by atoms with Crippen molar-refractivity contribution in [3.63, 3.8) is 0 Å². The fourth-order valence-electron chi connectivity index (χ4n) is 2.67. The lowest BCUT2D eigenvalue weighted by Crippen LogP contribution is -2.53. The average Bonchev–Trinajstić information content (AvgIpc) is 2.60. The Balaban J connectivity index is 1.74. The number of nitrogens with zero attached hydrogens (tertiary/aromatic N) is 2. The standard InChI is InChI=1S/C19H26FN3O4/c1-19(2,3)27-18(26)21-13-17(25)23-10-8-22(9-11-23)16(24)12-14-4-6-15(20)7-5-14/h4-7H,8-13H2,1-3H3,(H,21,26). The minimum absolute atomic E-state index is 0.0550. The molecule has 0 aliphatic carbocycles. The zero-order valence-electron chi connectivity index (χ0n) is 16.0. The number of hydrogen-bond acceptors (Lipinski definition) is 4. The van der Waals surface area contributed by atoms with Gasteiger partial charge in [0.25, 0.3) is 0 Å². The Morgan fingerprint density at radius 3 is 2.04 bits per heavy atom. The molecule has 0 aromatic heterocycles. The van der Waals surface area contributed by atoms with Crippen LogP contribution in [0.3, 0.4) is 0 Å². The summed E-state index contributed by atoms with van der Waals surface area (Å²) in [7, 11) is 0. The summed E-state index contributed by atoms with van der Waals surface area (Å²) in [6, 6.07) is 5.85. The molecule has 1 heterocycles.